The second-order valence-electron chi connectivity index (χ2n) is 5.66. The van der Waals surface area contributed by atoms with Crippen LogP contribution in [0.3, 0.4) is 0 Å². The zero-order valence-corrected chi connectivity index (χ0v) is 12.0. The van der Waals surface area contributed by atoms with E-state index in [1.54, 1.807) is 0 Å². The summed E-state index contributed by atoms with van der Waals surface area (Å²) in [6.07, 6.45) is 4.85. The van der Waals surface area contributed by atoms with Gasteiger partial charge in [-0.3, -0.25) is 0 Å². The molecular formula is C14H26N2O4. The highest BCUT2D eigenvalue weighted by atomic mass is 16.7. The van der Waals surface area contributed by atoms with Crippen molar-refractivity contribution < 1.29 is 18.9 Å². The van der Waals surface area contributed by atoms with Crippen molar-refractivity contribution >= 4 is 0 Å². The monoisotopic (exact) mass is 286 g/mol. The van der Waals surface area contributed by atoms with Gasteiger partial charge >= 0.3 is 0 Å². The molecule has 2 atom stereocenters. The van der Waals surface area contributed by atoms with E-state index in [4.69, 9.17) is 18.9 Å². The highest BCUT2D eigenvalue weighted by Gasteiger charge is 2.27. The van der Waals surface area contributed by atoms with Crippen LogP contribution in [-0.4, -0.2) is 64.2 Å². The normalized spacial score (nSPS) is 33.0. The van der Waals surface area contributed by atoms with Crippen LogP contribution in [0.1, 0.15) is 25.7 Å². The van der Waals surface area contributed by atoms with Crippen LogP contribution in [0.25, 0.3) is 0 Å². The third-order valence-electron chi connectivity index (χ3n) is 4.24. The number of nitrogens with one attached hydrogen (secondary N) is 2. The molecule has 3 rings (SSSR count). The second-order valence-corrected chi connectivity index (χ2v) is 5.66. The van der Waals surface area contributed by atoms with Gasteiger partial charge in [0.2, 0.25) is 0 Å². The van der Waals surface area contributed by atoms with E-state index in [2.05, 4.69) is 10.6 Å². The first-order valence-electron chi connectivity index (χ1n) is 7.85. The average molecular weight is 286 g/mol. The lowest BCUT2D eigenvalue weighted by Crippen LogP contribution is -2.52. The lowest BCUT2D eigenvalue weighted by atomic mass is 9.90. The smallest absolute Gasteiger partial charge is 0.170 e. The van der Waals surface area contributed by atoms with Crippen LogP contribution in [0.4, 0.5) is 0 Å². The second kappa shape index (κ2) is 7.68. The number of hydrogen-bond donors (Lipinski definition) is 2. The van der Waals surface area contributed by atoms with Gasteiger partial charge in [-0.15, -0.1) is 0 Å². The van der Waals surface area contributed by atoms with E-state index in [0.29, 0.717) is 12.1 Å². The van der Waals surface area contributed by atoms with Gasteiger partial charge in [0.05, 0.1) is 26.4 Å². The minimum atomic E-state index is -0.0703. The summed E-state index contributed by atoms with van der Waals surface area (Å²) in [6, 6.07) is 0.968. The maximum atomic E-state index is 5.48. The molecule has 2 heterocycles. The molecule has 1 aliphatic carbocycles. The summed E-state index contributed by atoms with van der Waals surface area (Å²) in [6.45, 7) is 4.42. The fraction of sp³-hybridized carbons (Fsp3) is 1.00. The van der Waals surface area contributed by atoms with E-state index < -0.39 is 0 Å². The summed E-state index contributed by atoms with van der Waals surface area (Å²) in [4.78, 5) is 0. The highest BCUT2D eigenvalue weighted by molar-refractivity contribution is 4.87. The molecule has 0 aromatic heterocycles. The van der Waals surface area contributed by atoms with Crippen molar-refractivity contribution in [3.8, 4) is 0 Å². The first-order valence-corrected chi connectivity index (χ1v) is 7.85. The fourth-order valence-corrected chi connectivity index (χ4v) is 3.16. The molecule has 3 fully saturated rings. The van der Waals surface area contributed by atoms with E-state index in [0.717, 1.165) is 39.5 Å². The molecule has 1 saturated carbocycles. The summed E-state index contributed by atoms with van der Waals surface area (Å²) in [7, 11) is 0. The van der Waals surface area contributed by atoms with Crippen LogP contribution >= 0.6 is 0 Å². The van der Waals surface area contributed by atoms with Crippen LogP contribution in [-0.2, 0) is 18.9 Å². The Hall–Kier alpha value is -0.240. The van der Waals surface area contributed by atoms with Gasteiger partial charge in [-0.05, 0) is 12.8 Å². The molecule has 2 saturated heterocycles. The van der Waals surface area contributed by atoms with Crippen LogP contribution in [0, 0.1) is 0 Å². The van der Waals surface area contributed by atoms with Gasteiger partial charge in [0.25, 0.3) is 0 Å². The molecule has 0 amide bonds. The molecule has 2 N–H and O–H groups in total. The molecular weight excluding hydrogens is 260 g/mol. The molecule has 3 aliphatic rings. The van der Waals surface area contributed by atoms with Crippen LogP contribution in [0.5, 0.6) is 0 Å². The Morgan fingerprint density at radius 3 is 1.45 bits per heavy atom. The molecule has 0 aromatic carbocycles. The van der Waals surface area contributed by atoms with Crippen LogP contribution in [0.2, 0.25) is 0 Å². The minimum Gasteiger partial charge on any atom is -0.349 e. The highest BCUT2D eigenvalue weighted by Crippen LogP contribution is 2.19. The summed E-state index contributed by atoms with van der Waals surface area (Å²) >= 11 is 0. The summed E-state index contributed by atoms with van der Waals surface area (Å²) in [5, 5.41) is 7.19. The summed E-state index contributed by atoms with van der Waals surface area (Å²) < 4.78 is 21.9. The van der Waals surface area contributed by atoms with Crippen molar-refractivity contribution in [1.82, 2.24) is 10.6 Å². The molecule has 116 valence electrons. The van der Waals surface area contributed by atoms with Crippen molar-refractivity contribution in [3.63, 3.8) is 0 Å². The van der Waals surface area contributed by atoms with Crippen molar-refractivity contribution in [3.05, 3.63) is 0 Å². The van der Waals surface area contributed by atoms with Crippen molar-refractivity contribution in [2.45, 2.75) is 50.3 Å². The van der Waals surface area contributed by atoms with Crippen LogP contribution in [0.15, 0.2) is 0 Å². The predicted molar refractivity (Wildman–Crippen MR) is 73.4 cm³/mol. The molecule has 6 nitrogen and oxygen atoms in total. The Labute approximate surface area is 120 Å². The van der Waals surface area contributed by atoms with E-state index in [1.165, 1.54) is 25.7 Å². The molecule has 0 bridgehead atoms. The maximum Gasteiger partial charge on any atom is 0.170 e. The molecule has 0 spiro atoms. The van der Waals surface area contributed by atoms with E-state index in [9.17, 15) is 0 Å². The Balaban J connectivity index is 1.40. The first kappa shape index (κ1) is 14.7. The quantitative estimate of drug-likeness (QED) is 0.728. The molecule has 0 aromatic rings. The first-order chi connectivity index (χ1) is 9.92. The minimum absolute atomic E-state index is 0.0703. The maximum absolute atomic E-state index is 5.48. The lowest BCUT2D eigenvalue weighted by Gasteiger charge is -2.34. The van der Waals surface area contributed by atoms with E-state index in [1.807, 2.05) is 0 Å². The SMILES string of the molecule is C1CC[C@@H](NCC2OCCO2)[C@H](NCC2OCCO2)C1. The Morgan fingerprint density at radius 2 is 1.05 bits per heavy atom. The Kier molecular flexibility index (Phi) is 5.64. The number of hydrogen-bond acceptors (Lipinski definition) is 6. The van der Waals surface area contributed by atoms with Gasteiger partial charge < -0.3 is 29.6 Å². The van der Waals surface area contributed by atoms with Gasteiger partial charge in [0, 0.05) is 25.2 Å². The summed E-state index contributed by atoms with van der Waals surface area (Å²) in [5.74, 6) is 0. The molecule has 0 radical (unpaired) electrons. The molecule has 20 heavy (non-hydrogen) atoms. The van der Waals surface area contributed by atoms with Crippen LogP contribution < -0.4 is 10.6 Å². The molecule has 0 unspecified atom stereocenters. The standard InChI is InChI=1S/C14H26N2O4/c1-2-4-12(16-10-14-19-7-8-20-14)11(3-1)15-9-13-17-5-6-18-13/h11-16H,1-10H2/t11-,12-/m1/s1. The van der Waals surface area contributed by atoms with E-state index in [-0.39, 0.29) is 12.6 Å². The Bertz CT molecular complexity index is 252. The van der Waals surface area contributed by atoms with Crippen molar-refractivity contribution in [1.29, 1.82) is 0 Å². The Morgan fingerprint density at radius 1 is 0.650 bits per heavy atom. The summed E-state index contributed by atoms with van der Waals surface area (Å²) in [5.41, 5.74) is 0. The third kappa shape index (κ3) is 4.13. The molecule has 6 heteroatoms. The zero-order valence-electron chi connectivity index (χ0n) is 12.0. The number of ether oxygens (including phenoxy) is 4. The van der Waals surface area contributed by atoms with Gasteiger partial charge in [-0.25, -0.2) is 0 Å². The topological polar surface area (TPSA) is 61.0 Å². The van der Waals surface area contributed by atoms with Gasteiger partial charge in [-0.2, -0.15) is 0 Å². The van der Waals surface area contributed by atoms with Crippen molar-refractivity contribution in [2.24, 2.45) is 0 Å². The third-order valence-corrected chi connectivity index (χ3v) is 4.24. The van der Waals surface area contributed by atoms with E-state index >= 15 is 0 Å². The zero-order chi connectivity index (χ0) is 13.6. The van der Waals surface area contributed by atoms with Gasteiger partial charge in [0.1, 0.15) is 0 Å². The fourth-order valence-electron chi connectivity index (χ4n) is 3.16. The molecule has 2 aliphatic heterocycles. The lowest BCUT2D eigenvalue weighted by molar-refractivity contribution is -0.0465. The van der Waals surface area contributed by atoms with Crippen molar-refractivity contribution in [2.75, 3.05) is 39.5 Å². The van der Waals surface area contributed by atoms with Gasteiger partial charge in [-0.1, -0.05) is 12.8 Å². The largest absolute Gasteiger partial charge is 0.349 e. The van der Waals surface area contributed by atoms with Gasteiger partial charge in [0.15, 0.2) is 12.6 Å². The predicted octanol–water partition coefficient (Wildman–Crippen LogP) is 0.223. The average Bonchev–Trinajstić information content (AvgIpc) is 3.17. The number of rotatable bonds is 6.